The second-order valence-electron chi connectivity index (χ2n) is 3.76. The quantitative estimate of drug-likeness (QED) is 0.618. The second kappa shape index (κ2) is 7.13. The Labute approximate surface area is 106 Å². The van der Waals surface area contributed by atoms with Crippen LogP contribution in [0.2, 0.25) is 0 Å². The van der Waals surface area contributed by atoms with Gasteiger partial charge in [0.05, 0.1) is 6.42 Å². The van der Waals surface area contributed by atoms with Crippen LogP contribution in [0.3, 0.4) is 0 Å². The molecule has 18 heavy (non-hydrogen) atoms. The van der Waals surface area contributed by atoms with E-state index in [-0.39, 0.29) is 12.3 Å². The van der Waals surface area contributed by atoms with E-state index in [1.807, 2.05) is 6.07 Å². The van der Waals surface area contributed by atoms with Gasteiger partial charge in [-0.05, 0) is 11.6 Å². The molecule has 0 fully saturated rings. The van der Waals surface area contributed by atoms with Crippen LogP contribution in [-0.2, 0) is 16.0 Å². The zero-order valence-electron chi connectivity index (χ0n) is 10.2. The zero-order valence-corrected chi connectivity index (χ0v) is 10.2. The van der Waals surface area contributed by atoms with Crippen LogP contribution in [0.15, 0.2) is 24.3 Å². The number of rotatable bonds is 4. The van der Waals surface area contributed by atoms with Crippen molar-refractivity contribution < 1.29 is 14.7 Å². The van der Waals surface area contributed by atoms with Crippen molar-refractivity contribution in [2.45, 2.75) is 19.8 Å². The molecule has 0 heterocycles. The largest absolute Gasteiger partial charge is 0.481 e. The molecule has 0 aliphatic carbocycles. The molecule has 0 saturated heterocycles. The molecule has 0 aromatic heterocycles. The van der Waals surface area contributed by atoms with E-state index in [1.165, 1.54) is 6.92 Å². The third-order valence-electron chi connectivity index (χ3n) is 2.21. The van der Waals surface area contributed by atoms with Crippen LogP contribution in [0.4, 0.5) is 0 Å². The maximum Gasteiger partial charge on any atom is 0.307 e. The van der Waals surface area contributed by atoms with Gasteiger partial charge in [0.1, 0.15) is 0 Å². The molecule has 1 aromatic carbocycles. The van der Waals surface area contributed by atoms with Crippen molar-refractivity contribution in [3.63, 3.8) is 0 Å². The number of carboxylic acids is 1. The molecule has 1 aromatic rings. The average molecular weight is 245 g/mol. The highest BCUT2D eigenvalue weighted by atomic mass is 16.4. The number of amides is 1. The van der Waals surface area contributed by atoms with Crippen LogP contribution >= 0.6 is 0 Å². The fourth-order valence-electron chi connectivity index (χ4n) is 1.42. The van der Waals surface area contributed by atoms with E-state index in [1.54, 1.807) is 18.2 Å². The summed E-state index contributed by atoms with van der Waals surface area (Å²) in [5.41, 5.74) is 1.43. The summed E-state index contributed by atoms with van der Waals surface area (Å²) < 4.78 is 0. The Morgan fingerprint density at radius 2 is 2.06 bits per heavy atom. The van der Waals surface area contributed by atoms with Crippen molar-refractivity contribution in [2.24, 2.45) is 0 Å². The van der Waals surface area contributed by atoms with Crippen molar-refractivity contribution in [3.05, 3.63) is 35.4 Å². The highest BCUT2D eigenvalue weighted by Gasteiger charge is 2.03. The Kier molecular flexibility index (Phi) is 5.46. The standard InChI is InChI=1S/C14H15NO3/c1-11(16)15-9-5-4-7-12-6-2-3-8-13(12)10-14(17)18/h2-3,6,8H,5,9-10H2,1H3,(H,15,16)(H,17,18). The Morgan fingerprint density at radius 1 is 1.33 bits per heavy atom. The van der Waals surface area contributed by atoms with Gasteiger partial charge in [0.25, 0.3) is 0 Å². The molecular formula is C14H15NO3. The van der Waals surface area contributed by atoms with E-state index in [0.717, 1.165) is 5.56 Å². The summed E-state index contributed by atoms with van der Waals surface area (Å²) in [5.74, 6) is 4.89. The van der Waals surface area contributed by atoms with Crippen molar-refractivity contribution in [1.82, 2.24) is 5.32 Å². The lowest BCUT2D eigenvalue weighted by atomic mass is 10.1. The second-order valence-corrected chi connectivity index (χ2v) is 3.76. The number of benzene rings is 1. The van der Waals surface area contributed by atoms with Crippen molar-refractivity contribution in [1.29, 1.82) is 0 Å². The van der Waals surface area contributed by atoms with Crippen LogP contribution in [-0.4, -0.2) is 23.5 Å². The van der Waals surface area contributed by atoms with Gasteiger partial charge >= 0.3 is 5.97 Å². The van der Waals surface area contributed by atoms with Gasteiger partial charge in [0.2, 0.25) is 5.91 Å². The molecule has 0 atom stereocenters. The lowest BCUT2D eigenvalue weighted by molar-refractivity contribution is -0.136. The number of hydrogen-bond acceptors (Lipinski definition) is 2. The fraction of sp³-hybridized carbons (Fsp3) is 0.286. The van der Waals surface area contributed by atoms with E-state index >= 15 is 0 Å². The number of nitrogens with one attached hydrogen (secondary N) is 1. The molecule has 2 N–H and O–H groups in total. The smallest absolute Gasteiger partial charge is 0.307 e. The molecule has 94 valence electrons. The first-order chi connectivity index (χ1) is 8.59. The molecule has 1 amide bonds. The zero-order chi connectivity index (χ0) is 13.4. The van der Waals surface area contributed by atoms with Crippen molar-refractivity contribution in [2.75, 3.05) is 6.54 Å². The molecule has 4 heteroatoms. The molecule has 0 aliphatic rings. The highest BCUT2D eigenvalue weighted by Crippen LogP contribution is 2.08. The summed E-state index contributed by atoms with van der Waals surface area (Å²) in [4.78, 5) is 21.3. The van der Waals surface area contributed by atoms with Gasteiger partial charge in [-0.2, -0.15) is 0 Å². The van der Waals surface area contributed by atoms with Crippen LogP contribution in [0.5, 0.6) is 0 Å². The average Bonchev–Trinajstić information content (AvgIpc) is 2.29. The minimum atomic E-state index is -0.873. The summed E-state index contributed by atoms with van der Waals surface area (Å²) >= 11 is 0. The minimum Gasteiger partial charge on any atom is -0.481 e. The fourth-order valence-corrected chi connectivity index (χ4v) is 1.42. The predicted octanol–water partition coefficient (Wildman–Crippen LogP) is 1.19. The SMILES string of the molecule is CC(=O)NCCC#Cc1ccccc1CC(=O)O. The number of carbonyl (C=O) groups excluding carboxylic acids is 1. The normalized spacial score (nSPS) is 9.17. The number of carbonyl (C=O) groups is 2. The van der Waals surface area contributed by atoms with Gasteiger partial charge < -0.3 is 10.4 Å². The molecule has 0 spiro atoms. The molecular weight excluding hydrogens is 230 g/mol. The molecule has 0 unspecified atom stereocenters. The maximum atomic E-state index is 10.7. The molecule has 0 bridgehead atoms. The van der Waals surface area contributed by atoms with Crippen LogP contribution in [0.25, 0.3) is 0 Å². The van der Waals surface area contributed by atoms with Gasteiger partial charge in [0.15, 0.2) is 0 Å². The van der Waals surface area contributed by atoms with Crippen LogP contribution < -0.4 is 5.32 Å². The van der Waals surface area contributed by atoms with Gasteiger partial charge in [-0.3, -0.25) is 9.59 Å². The number of aliphatic carboxylic acids is 1. The van der Waals surface area contributed by atoms with Crippen LogP contribution in [0, 0.1) is 11.8 Å². The Morgan fingerprint density at radius 3 is 2.72 bits per heavy atom. The molecule has 1 rings (SSSR count). The monoisotopic (exact) mass is 245 g/mol. The summed E-state index contributed by atoms with van der Waals surface area (Å²) in [6, 6.07) is 7.17. The third kappa shape index (κ3) is 5.17. The predicted molar refractivity (Wildman–Crippen MR) is 68.0 cm³/mol. The van der Waals surface area contributed by atoms with E-state index in [2.05, 4.69) is 17.2 Å². The van der Waals surface area contributed by atoms with E-state index in [4.69, 9.17) is 5.11 Å². The van der Waals surface area contributed by atoms with Crippen LogP contribution in [0.1, 0.15) is 24.5 Å². The van der Waals surface area contributed by atoms with Gasteiger partial charge in [-0.1, -0.05) is 30.0 Å². The minimum absolute atomic E-state index is 0.0312. The molecule has 0 aliphatic heterocycles. The lowest BCUT2D eigenvalue weighted by Crippen LogP contribution is -2.20. The van der Waals surface area contributed by atoms with E-state index in [0.29, 0.717) is 18.5 Å². The van der Waals surface area contributed by atoms with Gasteiger partial charge in [-0.25, -0.2) is 0 Å². The summed E-state index contributed by atoms with van der Waals surface area (Å²) in [6.45, 7) is 1.96. The first-order valence-corrected chi connectivity index (χ1v) is 5.62. The highest BCUT2D eigenvalue weighted by molar-refractivity contribution is 5.72. The topological polar surface area (TPSA) is 66.4 Å². The maximum absolute atomic E-state index is 10.7. The molecule has 0 saturated carbocycles. The number of hydrogen-bond donors (Lipinski definition) is 2. The lowest BCUT2D eigenvalue weighted by Gasteiger charge is -2.00. The third-order valence-corrected chi connectivity index (χ3v) is 2.21. The molecule has 0 radical (unpaired) electrons. The first kappa shape index (κ1) is 13.8. The summed E-state index contributed by atoms with van der Waals surface area (Å²) in [6.07, 6.45) is 0.511. The Balaban J connectivity index is 2.63. The van der Waals surface area contributed by atoms with Crippen molar-refractivity contribution in [3.8, 4) is 11.8 Å². The van der Waals surface area contributed by atoms with Gasteiger partial charge in [0, 0.05) is 25.5 Å². The number of carboxylic acid groups (broad SMARTS) is 1. The van der Waals surface area contributed by atoms with E-state index in [9.17, 15) is 9.59 Å². The summed E-state index contributed by atoms with van der Waals surface area (Å²) in [7, 11) is 0. The molecule has 4 nitrogen and oxygen atoms in total. The summed E-state index contributed by atoms with van der Waals surface area (Å²) in [5, 5.41) is 11.4. The Hall–Kier alpha value is -2.28. The van der Waals surface area contributed by atoms with Gasteiger partial charge in [-0.15, -0.1) is 0 Å². The van der Waals surface area contributed by atoms with Crippen molar-refractivity contribution >= 4 is 11.9 Å². The first-order valence-electron chi connectivity index (χ1n) is 5.62. The Bertz CT molecular complexity index is 497. The van der Waals surface area contributed by atoms with E-state index < -0.39 is 5.97 Å².